The summed E-state index contributed by atoms with van der Waals surface area (Å²) in [5, 5.41) is 8.90. The van der Waals surface area contributed by atoms with Crippen molar-refractivity contribution in [2.45, 2.75) is 6.10 Å². The number of nitrogens with zero attached hydrogens (tertiary/aromatic N) is 1. The molecule has 0 amide bonds. The first kappa shape index (κ1) is 10.7. The van der Waals surface area contributed by atoms with Crippen LogP contribution in [-0.2, 0) is 0 Å². The number of hydrogen-bond acceptors (Lipinski definition) is 3. The third kappa shape index (κ3) is 1.89. The van der Waals surface area contributed by atoms with Crippen molar-refractivity contribution in [1.82, 2.24) is 0 Å². The Morgan fingerprint density at radius 2 is 1.89 bits per heavy atom. The van der Waals surface area contributed by atoms with Gasteiger partial charge < -0.3 is 9.47 Å². The zero-order valence-electron chi connectivity index (χ0n) is 9.67. The fraction of sp³-hybridized carbons (Fsp3) is 0.133. The van der Waals surface area contributed by atoms with Gasteiger partial charge in [-0.05, 0) is 29.8 Å². The molecule has 1 aliphatic rings. The predicted molar refractivity (Wildman–Crippen MR) is 66.5 cm³/mol. The van der Waals surface area contributed by atoms with Crippen LogP contribution < -0.4 is 9.47 Å². The van der Waals surface area contributed by atoms with Gasteiger partial charge in [0.2, 0.25) is 0 Å². The van der Waals surface area contributed by atoms with E-state index >= 15 is 0 Å². The lowest BCUT2D eigenvalue weighted by Gasteiger charge is -2.26. The van der Waals surface area contributed by atoms with Gasteiger partial charge in [0.05, 0.1) is 11.6 Å². The molecule has 0 bridgehead atoms. The molecule has 88 valence electrons. The molecule has 1 atom stereocenters. The molecule has 0 saturated carbocycles. The van der Waals surface area contributed by atoms with Crippen LogP contribution in [0.2, 0.25) is 0 Å². The van der Waals surface area contributed by atoms with E-state index in [-0.39, 0.29) is 6.10 Å². The molecule has 2 aromatic carbocycles. The number of fused-ring (bicyclic) bond motifs is 1. The Kier molecular flexibility index (Phi) is 2.62. The van der Waals surface area contributed by atoms with Crippen LogP contribution in [0.5, 0.6) is 11.5 Å². The van der Waals surface area contributed by atoms with Crippen molar-refractivity contribution in [3.63, 3.8) is 0 Å². The van der Waals surface area contributed by atoms with Gasteiger partial charge in [-0.3, -0.25) is 0 Å². The van der Waals surface area contributed by atoms with Crippen molar-refractivity contribution in [2.24, 2.45) is 0 Å². The largest absolute Gasteiger partial charge is 0.485 e. The summed E-state index contributed by atoms with van der Waals surface area (Å²) in [6, 6.07) is 17.1. The van der Waals surface area contributed by atoms with Crippen LogP contribution in [0.4, 0.5) is 0 Å². The first-order valence-corrected chi connectivity index (χ1v) is 5.75. The summed E-state index contributed by atoms with van der Waals surface area (Å²) in [6.45, 7) is 0.464. The zero-order valence-corrected chi connectivity index (χ0v) is 9.67. The Morgan fingerprint density at radius 3 is 2.72 bits per heavy atom. The average Bonchev–Trinajstić information content (AvgIpc) is 2.47. The van der Waals surface area contributed by atoms with Gasteiger partial charge in [-0.2, -0.15) is 5.26 Å². The molecule has 1 unspecified atom stereocenters. The highest BCUT2D eigenvalue weighted by Gasteiger charge is 2.22. The molecule has 0 aliphatic carbocycles. The smallest absolute Gasteiger partial charge is 0.162 e. The van der Waals surface area contributed by atoms with E-state index in [1.807, 2.05) is 42.5 Å². The number of benzene rings is 2. The van der Waals surface area contributed by atoms with Crippen LogP contribution in [0.25, 0.3) is 0 Å². The van der Waals surface area contributed by atoms with Crippen molar-refractivity contribution in [2.75, 3.05) is 6.61 Å². The first-order chi connectivity index (χ1) is 8.86. The lowest BCUT2D eigenvalue weighted by atomic mass is 10.1. The molecule has 0 saturated heterocycles. The van der Waals surface area contributed by atoms with Crippen molar-refractivity contribution in [3.05, 3.63) is 59.7 Å². The van der Waals surface area contributed by atoms with Crippen molar-refractivity contribution in [3.8, 4) is 17.6 Å². The van der Waals surface area contributed by atoms with E-state index in [2.05, 4.69) is 6.07 Å². The Hall–Kier alpha value is -2.47. The summed E-state index contributed by atoms with van der Waals surface area (Å²) >= 11 is 0. The minimum Gasteiger partial charge on any atom is -0.485 e. The molecule has 0 N–H and O–H groups in total. The number of hydrogen-bond donors (Lipinski definition) is 0. The van der Waals surface area contributed by atoms with E-state index in [1.54, 1.807) is 6.07 Å². The van der Waals surface area contributed by atoms with Crippen molar-refractivity contribution >= 4 is 0 Å². The van der Waals surface area contributed by atoms with Gasteiger partial charge >= 0.3 is 0 Å². The molecule has 0 spiro atoms. The average molecular weight is 237 g/mol. The molecular formula is C15H11NO2. The second-order valence-electron chi connectivity index (χ2n) is 4.10. The molecule has 1 heterocycles. The van der Waals surface area contributed by atoms with E-state index < -0.39 is 0 Å². The third-order valence-electron chi connectivity index (χ3n) is 2.90. The van der Waals surface area contributed by atoms with Crippen LogP contribution in [0.3, 0.4) is 0 Å². The maximum atomic E-state index is 8.90. The fourth-order valence-corrected chi connectivity index (χ4v) is 1.99. The van der Waals surface area contributed by atoms with E-state index in [0.29, 0.717) is 12.2 Å². The molecule has 0 aromatic heterocycles. The predicted octanol–water partition coefficient (Wildman–Crippen LogP) is 3.07. The molecule has 0 radical (unpaired) electrons. The fourth-order valence-electron chi connectivity index (χ4n) is 1.99. The first-order valence-electron chi connectivity index (χ1n) is 5.75. The molecule has 18 heavy (non-hydrogen) atoms. The van der Waals surface area contributed by atoms with Gasteiger partial charge in [0.25, 0.3) is 0 Å². The Morgan fingerprint density at radius 1 is 1.06 bits per heavy atom. The summed E-state index contributed by atoms with van der Waals surface area (Å²) in [5.74, 6) is 1.52. The third-order valence-corrected chi connectivity index (χ3v) is 2.90. The summed E-state index contributed by atoms with van der Waals surface area (Å²) in [4.78, 5) is 0. The summed E-state index contributed by atoms with van der Waals surface area (Å²) in [5.41, 5.74) is 1.60. The number of rotatable bonds is 1. The van der Waals surface area contributed by atoms with Crippen molar-refractivity contribution in [1.29, 1.82) is 5.26 Å². The Labute approximate surface area is 105 Å². The van der Waals surface area contributed by atoms with Crippen LogP contribution in [-0.4, -0.2) is 6.61 Å². The maximum Gasteiger partial charge on any atom is 0.162 e. The number of ether oxygens (including phenoxy) is 2. The number of para-hydroxylation sites is 2. The van der Waals surface area contributed by atoms with Gasteiger partial charge in [0.1, 0.15) is 6.61 Å². The quantitative estimate of drug-likeness (QED) is 0.765. The minimum atomic E-state index is -0.159. The van der Waals surface area contributed by atoms with E-state index in [0.717, 1.165) is 17.1 Å². The van der Waals surface area contributed by atoms with Gasteiger partial charge in [0.15, 0.2) is 17.6 Å². The maximum absolute atomic E-state index is 8.90. The lowest BCUT2D eigenvalue weighted by molar-refractivity contribution is 0.0913. The van der Waals surface area contributed by atoms with E-state index in [4.69, 9.17) is 14.7 Å². The summed E-state index contributed by atoms with van der Waals surface area (Å²) in [7, 11) is 0. The molecular weight excluding hydrogens is 226 g/mol. The van der Waals surface area contributed by atoms with Crippen LogP contribution in [0.15, 0.2) is 48.5 Å². The highest BCUT2D eigenvalue weighted by Crippen LogP contribution is 2.35. The molecule has 2 aromatic rings. The van der Waals surface area contributed by atoms with Gasteiger partial charge in [-0.1, -0.05) is 24.3 Å². The SMILES string of the molecule is N#Cc1cccc(C2COc3ccccc3O2)c1. The molecule has 3 heteroatoms. The highest BCUT2D eigenvalue weighted by atomic mass is 16.6. The van der Waals surface area contributed by atoms with Crippen LogP contribution in [0.1, 0.15) is 17.2 Å². The normalized spacial score (nSPS) is 16.9. The van der Waals surface area contributed by atoms with Crippen LogP contribution >= 0.6 is 0 Å². The van der Waals surface area contributed by atoms with Gasteiger partial charge in [-0.25, -0.2) is 0 Å². The van der Waals surface area contributed by atoms with Crippen LogP contribution in [0, 0.1) is 11.3 Å². The summed E-state index contributed by atoms with van der Waals surface area (Å²) in [6.07, 6.45) is -0.159. The van der Waals surface area contributed by atoms with Gasteiger partial charge in [0, 0.05) is 0 Å². The number of nitriles is 1. The second-order valence-corrected chi connectivity index (χ2v) is 4.10. The topological polar surface area (TPSA) is 42.2 Å². The molecule has 0 fully saturated rings. The van der Waals surface area contributed by atoms with E-state index in [1.165, 1.54) is 0 Å². The Balaban J connectivity index is 1.90. The lowest BCUT2D eigenvalue weighted by Crippen LogP contribution is -2.21. The molecule has 3 rings (SSSR count). The van der Waals surface area contributed by atoms with Crippen molar-refractivity contribution < 1.29 is 9.47 Å². The van der Waals surface area contributed by atoms with Gasteiger partial charge in [-0.15, -0.1) is 0 Å². The molecule has 3 nitrogen and oxygen atoms in total. The standard InChI is InChI=1S/C15H11NO2/c16-9-11-4-3-5-12(8-11)15-10-17-13-6-1-2-7-14(13)18-15/h1-8,15H,10H2. The summed E-state index contributed by atoms with van der Waals surface area (Å²) < 4.78 is 11.5. The minimum absolute atomic E-state index is 0.159. The monoisotopic (exact) mass is 237 g/mol. The van der Waals surface area contributed by atoms with E-state index in [9.17, 15) is 0 Å². The zero-order chi connectivity index (χ0) is 12.4. The second kappa shape index (κ2) is 4.42. The molecule has 1 aliphatic heterocycles. The Bertz CT molecular complexity index is 616. The highest BCUT2D eigenvalue weighted by molar-refractivity contribution is 5.42.